The van der Waals surface area contributed by atoms with Crippen molar-refractivity contribution in [2.75, 3.05) is 32.7 Å². The first kappa shape index (κ1) is 13.0. The number of hydrogen-bond donors (Lipinski definition) is 1. The number of rotatable bonds is 7. The maximum atomic E-state index is 3.54. The van der Waals surface area contributed by atoms with E-state index in [1.54, 1.807) is 0 Å². The van der Waals surface area contributed by atoms with Crippen molar-refractivity contribution < 1.29 is 0 Å². The summed E-state index contributed by atoms with van der Waals surface area (Å²) in [6, 6.07) is 0. The highest BCUT2D eigenvalue weighted by Crippen LogP contribution is 2.28. The van der Waals surface area contributed by atoms with Crippen LogP contribution in [0.3, 0.4) is 0 Å². The summed E-state index contributed by atoms with van der Waals surface area (Å²) in [4.78, 5) is 2.66. The minimum Gasteiger partial charge on any atom is -0.316 e. The molecular weight excluding hydrogens is 184 g/mol. The molecule has 2 nitrogen and oxygen atoms in total. The third-order valence-corrected chi connectivity index (χ3v) is 4.01. The van der Waals surface area contributed by atoms with Gasteiger partial charge in [0.1, 0.15) is 0 Å². The Labute approximate surface area is 95.4 Å². The molecule has 0 radical (unpaired) electrons. The van der Waals surface area contributed by atoms with E-state index in [1.165, 1.54) is 51.9 Å². The van der Waals surface area contributed by atoms with Gasteiger partial charge in [-0.15, -0.1) is 0 Å². The van der Waals surface area contributed by atoms with Gasteiger partial charge in [0.25, 0.3) is 0 Å². The van der Waals surface area contributed by atoms with Gasteiger partial charge in [-0.1, -0.05) is 20.8 Å². The van der Waals surface area contributed by atoms with E-state index in [9.17, 15) is 0 Å². The molecule has 0 aliphatic carbocycles. The highest BCUT2D eigenvalue weighted by atomic mass is 15.1. The predicted octanol–water partition coefficient (Wildman–Crippen LogP) is 2.50. The lowest BCUT2D eigenvalue weighted by Crippen LogP contribution is -2.42. The third kappa shape index (κ3) is 3.76. The average Bonchev–Trinajstić information content (AvgIpc) is 2.77. The molecule has 0 aromatic heterocycles. The zero-order valence-electron chi connectivity index (χ0n) is 10.8. The van der Waals surface area contributed by atoms with Crippen molar-refractivity contribution >= 4 is 0 Å². The molecule has 1 aliphatic heterocycles. The summed E-state index contributed by atoms with van der Waals surface area (Å²) in [7, 11) is 0. The molecule has 0 saturated carbocycles. The molecule has 1 heterocycles. The molecule has 1 saturated heterocycles. The summed E-state index contributed by atoms with van der Waals surface area (Å²) in [5.41, 5.74) is 0.514. The Kier molecular flexibility index (Phi) is 5.62. The normalized spacial score (nSPS) is 18.6. The molecular formula is C13H28N2. The van der Waals surface area contributed by atoms with E-state index in [4.69, 9.17) is 0 Å². The second-order valence-corrected chi connectivity index (χ2v) is 4.97. The maximum absolute atomic E-state index is 3.54. The molecule has 0 amide bonds. The van der Waals surface area contributed by atoms with Crippen LogP contribution in [0.2, 0.25) is 0 Å². The first-order chi connectivity index (χ1) is 7.26. The number of nitrogens with zero attached hydrogens (tertiary/aromatic N) is 1. The second kappa shape index (κ2) is 6.49. The van der Waals surface area contributed by atoms with Crippen LogP contribution in [-0.2, 0) is 0 Å². The fourth-order valence-corrected chi connectivity index (χ4v) is 2.58. The van der Waals surface area contributed by atoms with Crippen LogP contribution in [-0.4, -0.2) is 37.6 Å². The lowest BCUT2D eigenvalue weighted by molar-refractivity contribution is 0.155. The van der Waals surface area contributed by atoms with Crippen LogP contribution < -0.4 is 5.32 Å². The molecule has 1 fully saturated rings. The monoisotopic (exact) mass is 212 g/mol. The van der Waals surface area contributed by atoms with Crippen LogP contribution in [0, 0.1) is 5.41 Å². The Morgan fingerprint density at radius 1 is 1.07 bits per heavy atom. The van der Waals surface area contributed by atoms with Gasteiger partial charge < -0.3 is 10.2 Å². The highest BCUT2D eigenvalue weighted by Gasteiger charge is 2.29. The van der Waals surface area contributed by atoms with Crippen LogP contribution >= 0.6 is 0 Å². The van der Waals surface area contributed by atoms with Gasteiger partial charge in [-0.3, -0.25) is 0 Å². The SMILES string of the molecule is CCNCC(CC)(CC)CN1CCCC1. The zero-order valence-corrected chi connectivity index (χ0v) is 10.8. The Morgan fingerprint density at radius 3 is 2.13 bits per heavy atom. The zero-order chi connectivity index (χ0) is 11.1. The summed E-state index contributed by atoms with van der Waals surface area (Å²) in [5, 5.41) is 3.54. The largest absolute Gasteiger partial charge is 0.316 e. The molecule has 15 heavy (non-hydrogen) atoms. The maximum Gasteiger partial charge on any atom is 0.00499 e. The van der Waals surface area contributed by atoms with Crippen molar-refractivity contribution in [3.63, 3.8) is 0 Å². The van der Waals surface area contributed by atoms with Crippen molar-refractivity contribution in [2.45, 2.75) is 46.5 Å². The van der Waals surface area contributed by atoms with Crippen LogP contribution in [0.4, 0.5) is 0 Å². The van der Waals surface area contributed by atoms with E-state index in [2.05, 4.69) is 31.0 Å². The van der Waals surface area contributed by atoms with Crippen LogP contribution in [0.1, 0.15) is 46.5 Å². The predicted molar refractivity (Wildman–Crippen MR) is 67.2 cm³/mol. The third-order valence-electron chi connectivity index (χ3n) is 4.01. The molecule has 2 heteroatoms. The molecule has 0 aromatic rings. The van der Waals surface area contributed by atoms with E-state index in [0.717, 1.165) is 6.54 Å². The molecule has 1 aliphatic rings. The van der Waals surface area contributed by atoms with Crippen molar-refractivity contribution in [1.82, 2.24) is 10.2 Å². The number of hydrogen-bond acceptors (Lipinski definition) is 2. The fraction of sp³-hybridized carbons (Fsp3) is 1.00. The Balaban J connectivity index is 2.45. The van der Waals surface area contributed by atoms with E-state index < -0.39 is 0 Å². The Morgan fingerprint density at radius 2 is 1.67 bits per heavy atom. The molecule has 1 N–H and O–H groups in total. The van der Waals surface area contributed by atoms with E-state index in [1.807, 2.05) is 0 Å². The lowest BCUT2D eigenvalue weighted by Gasteiger charge is -2.36. The minimum atomic E-state index is 0.514. The molecule has 0 spiro atoms. The molecule has 90 valence electrons. The van der Waals surface area contributed by atoms with Crippen LogP contribution in [0.25, 0.3) is 0 Å². The van der Waals surface area contributed by atoms with Crippen molar-refractivity contribution in [3.05, 3.63) is 0 Å². The summed E-state index contributed by atoms with van der Waals surface area (Å²) in [5.74, 6) is 0. The van der Waals surface area contributed by atoms with E-state index >= 15 is 0 Å². The van der Waals surface area contributed by atoms with Gasteiger partial charge in [0, 0.05) is 13.1 Å². The smallest absolute Gasteiger partial charge is 0.00499 e. The quantitative estimate of drug-likeness (QED) is 0.697. The second-order valence-electron chi connectivity index (χ2n) is 4.97. The van der Waals surface area contributed by atoms with Gasteiger partial charge >= 0.3 is 0 Å². The molecule has 1 rings (SSSR count). The van der Waals surface area contributed by atoms with Gasteiger partial charge in [-0.25, -0.2) is 0 Å². The molecule has 0 atom stereocenters. The standard InChI is InChI=1S/C13H28N2/c1-4-13(5-2,11-14-6-3)12-15-9-7-8-10-15/h14H,4-12H2,1-3H3. The van der Waals surface area contributed by atoms with Gasteiger partial charge in [-0.2, -0.15) is 0 Å². The van der Waals surface area contributed by atoms with Gasteiger partial charge in [0.2, 0.25) is 0 Å². The summed E-state index contributed by atoms with van der Waals surface area (Å²) >= 11 is 0. The average molecular weight is 212 g/mol. The summed E-state index contributed by atoms with van der Waals surface area (Å²) in [6.45, 7) is 13.1. The summed E-state index contributed by atoms with van der Waals surface area (Å²) < 4.78 is 0. The first-order valence-corrected chi connectivity index (χ1v) is 6.69. The number of nitrogens with one attached hydrogen (secondary N) is 1. The molecule has 0 aromatic carbocycles. The topological polar surface area (TPSA) is 15.3 Å². The fourth-order valence-electron chi connectivity index (χ4n) is 2.58. The Bertz CT molecular complexity index is 158. The minimum absolute atomic E-state index is 0.514. The first-order valence-electron chi connectivity index (χ1n) is 6.69. The van der Waals surface area contributed by atoms with Crippen molar-refractivity contribution in [2.24, 2.45) is 5.41 Å². The van der Waals surface area contributed by atoms with Crippen molar-refractivity contribution in [3.8, 4) is 0 Å². The van der Waals surface area contributed by atoms with Crippen LogP contribution in [0.5, 0.6) is 0 Å². The van der Waals surface area contributed by atoms with E-state index in [-0.39, 0.29) is 0 Å². The lowest BCUT2D eigenvalue weighted by atomic mass is 9.81. The van der Waals surface area contributed by atoms with Gasteiger partial charge in [0.05, 0.1) is 0 Å². The van der Waals surface area contributed by atoms with Crippen LogP contribution in [0.15, 0.2) is 0 Å². The number of likely N-dealkylation sites (tertiary alicyclic amines) is 1. The van der Waals surface area contributed by atoms with E-state index in [0.29, 0.717) is 5.41 Å². The summed E-state index contributed by atoms with van der Waals surface area (Å²) in [6.07, 6.45) is 5.41. The molecule has 0 unspecified atom stereocenters. The van der Waals surface area contributed by atoms with Gasteiger partial charge in [0.15, 0.2) is 0 Å². The molecule has 0 bridgehead atoms. The van der Waals surface area contributed by atoms with Crippen molar-refractivity contribution in [1.29, 1.82) is 0 Å². The Hall–Kier alpha value is -0.0800. The highest BCUT2D eigenvalue weighted by molar-refractivity contribution is 4.84. The van der Waals surface area contributed by atoms with Gasteiger partial charge in [-0.05, 0) is 50.7 Å².